The SMILES string of the molecule is CC1CN(c2ccc([N+](=O)[O-])cc2C=O)CCN1C. The molecule has 1 aromatic rings. The molecule has 1 unspecified atom stereocenters. The Labute approximate surface area is 111 Å². The number of rotatable bonds is 3. The second kappa shape index (κ2) is 5.36. The van der Waals surface area contributed by atoms with E-state index in [1.54, 1.807) is 6.07 Å². The summed E-state index contributed by atoms with van der Waals surface area (Å²) < 4.78 is 0. The second-order valence-corrected chi connectivity index (χ2v) is 4.89. The summed E-state index contributed by atoms with van der Waals surface area (Å²) in [6.07, 6.45) is 0.686. The summed E-state index contributed by atoms with van der Waals surface area (Å²) in [4.78, 5) is 25.7. The Morgan fingerprint density at radius 1 is 1.42 bits per heavy atom. The predicted octanol–water partition coefficient (Wildman–Crippen LogP) is 1.55. The van der Waals surface area contributed by atoms with Crippen LogP contribution >= 0.6 is 0 Å². The van der Waals surface area contributed by atoms with Crippen LogP contribution in [0.1, 0.15) is 17.3 Å². The number of carbonyl (C=O) groups is 1. The average molecular weight is 263 g/mol. The maximum Gasteiger partial charge on any atom is 0.270 e. The lowest BCUT2D eigenvalue weighted by molar-refractivity contribution is -0.384. The predicted molar refractivity (Wildman–Crippen MR) is 72.8 cm³/mol. The van der Waals surface area contributed by atoms with Crippen molar-refractivity contribution in [3.63, 3.8) is 0 Å². The maximum absolute atomic E-state index is 11.1. The molecule has 0 radical (unpaired) electrons. The second-order valence-electron chi connectivity index (χ2n) is 4.89. The van der Waals surface area contributed by atoms with Gasteiger partial charge in [-0.2, -0.15) is 0 Å². The molecule has 2 rings (SSSR count). The number of anilines is 1. The van der Waals surface area contributed by atoms with Crippen LogP contribution in [0.5, 0.6) is 0 Å². The minimum atomic E-state index is -0.483. The standard InChI is InChI=1S/C13H17N3O3/c1-10-8-15(6-5-14(10)2)13-4-3-12(16(18)19)7-11(13)9-17/h3-4,7,9-10H,5-6,8H2,1-2H3. The lowest BCUT2D eigenvalue weighted by Gasteiger charge is -2.39. The molecular weight excluding hydrogens is 246 g/mol. The van der Waals surface area contributed by atoms with Gasteiger partial charge in [0.15, 0.2) is 6.29 Å². The number of likely N-dealkylation sites (N-methyl/N-ethyl adjacent to an activating group) is 1. The van der Waals surface area contributed by atoms with Gasteiger partial charge in [0, 0.05) is 49.1 Å². The highest BCUT2D eigenvalue weighted by Crippen LogP contribution is 2.26. The number of carbonyl (C=O) groups excluding carboxylic acids is 1. The largest absolute Gasteiger partial charge is 0.368 e. The van der Waals surface area contributed by atoms with Crippen molar-refractivity contribution in [2.75, 3.05) is 31.6 Å². The Balaban J connectivity index is 2.29. The van der Waals surface area contributed by atoms with Crippen molar-refractivity contribution in [3.05, 3.63) is 33.9 Å². The molecule has 1 fully saturated rings. The number of nitro benzene ring substituents is 1. The van der Waals surface area contributed by atoms with Crippen LogP contribution in [0.15, 0.2) is 18.2 Å². The molecule has 1 aliphatic heterocycles. The van der Waals surface area contributed by atoms with E-state index in [1.807, 2.05) is 0 Å². The van der Waals surface area contributed by atoms with Gasteiger partial charge in [-0.15, -0.1) is 0 Å². The van der Waals surface area contributed by atoms with Crippen molar-refractivity contribution < 1.29 is 9.72 Å². The van der Waals surface area contributed by atoms with Gasteiger partial charge in [0.25, 0.3) is 5.69 Å². The third-order valence-electron chi connectivity index (χ3n) is 3.65. The first-order valence-corrected chi connectivity index (χ1v) is 6.21. The van der Waals surface area contributed by atoms with E-state index in [0.717, 1.165) is 25.3 Å². The molecule has 0 aliphatic carbocycles. The molecule has 0 aromatic heterocycles. The van der Waals surface area contributed by atoms with E-state index < -0.39 is 4.92 Å². The zero-order chi connectivity index (χ0) is 14.0. The number of hydrogen-bond donors (Lipinski definition) is 0. The maximum atomic E-state index is 11.1. The summed E-state index contributed by atoms with van der Waals surface area (Å²) in [7, 11) is 2.07. The molecule has 1 aliphatic rings. The van der Waals surface area contributed by atoms with E-state index >= 15 is 0 Å². The first kappa shape index (κ1) is 13.5. The molecule has 1 heterocycles. The Hall–Kier alpha value is -1.95. The zero-order valence-electron chi connectivity index (χ0n) is 11.1. The van der Waals surface area contributed by atoms with Gasteiger partial charge in [0.05, 0.1) is 4.92 Å². The monoisotopic (exact) mass is 263 g/mol. The van der Waals surface area contributed by atoms with E-state index in [-0.39, 0.29) is 5.69 Å². The molecule has 0 N–H and O–H groups in total. The third-order valence-corrected chi connectivity index (χ3v) is 3.65. The fourth-order valence-corrected chi connectivity index (χ4v) is 2.31. The Morgan fingerprint density at radius 3 is 2.74 bits per heavy atom. The molecule has 1 aromatic carbocycles. The molecule has 6 nitrogen and oxygen atoms in total. The van der Waals surface area contributed by atoms with Gasteiger partial charge in [-0.25, -0.2) is 0 Å². The number of aldehydes is 1. The number of hydrogen-bond acceptors (Lipinski definition) is 5. The minimum Gasteiger partial charge on any atom is -0.368 e. The van der Waals surface area contributed by atoms with Crippen molar-refractivity contribution in [1.29, 1.82) is 0 Å². The van der Waals surface area contributed by atoms with E-state index in [9.17, 15) is 14.9 Å². The van der Waals surface area contributed by atoms with Crippen molar-refractivity contribution in [2.24, 2.45) is 0 Å². The number of benzene rings is 1. The van der Waals surface area contributed by atoms with Crippen molar-refractivity contribution in [3.8, 4) is 0 Å². The summed E-state index contributed by atoms with van der Waals surface area (Å²) >= 11 is 0. The van der Waals surface area contributed by atoms with E-state index in [1.165, 1.54) is 12.1 Å². The summed E-state index contributed by atoms with van der Waals surface area (Å²) in [5, 5.41) is 10.7. The highest BCUT2D eigenvalue weighted by molar-refractivity contribution is 5.86. The molecule has 102 valence electrons. The molecule has 6 heteroatoms. The van der Waals surface area contributed by atoms with Crippen molar-refractivity contribution >= 4 is 17.7 Å². The van der Waals surface area contributed by atoms with Crippen LogP contribution in [0.3, 0.4) is 0 Å². The number of nitro groups is 1. The van der Waals surface area contributed by atoms with Crippen LogP contribution in [0, 0.1) is 10.1 Å². The molecule has 19 heavy (non-hydrogen) atoms. The molecule has 0 saturated carbocycles. The molecular formula is C13H17N3O3. The summed E-state index contributed by atoms with van der Waals surface area (Å²) in [6.45, 7) is 4.67. The van der Waals surface area contributed by atoms with E-state index in [4.69, 9.17) is 0 Å². The highest BCUT2D eigenvalue weighted by Gasteiger charge is 2.23. The fourth-order valence-electron chi connectivity index (χ4n) is 2.31. The van der Waals surface area contributed by atoms with Crippen molar-refractivity contribution in [2.45, 2.75) is 13.0 Å². The highest BCUT2D eigenvalue weighted by atomic mass is 16.6. The molecule has 0 bridgehead atoms. The Morgan fingerprint density at radius 2 is 2.16 bits per heavy atom. The van der Waals surface area contributed by atoms with Crippen LogP contribution < -0.4 is 4.90 Å². The van der Waals surface area contributed by atoms with Crippen LogP contribution in [0.25, 0.3) is 0 Å². The first-order valence-electron chi connectivity index (χ1n) is 6.21. The third kappa shape index (κ3) is 2.73. The quantitative estimate of drug-likeness (QED) is 0.470. The first-order chi connectivity index (χ1) is 9.02. The number of non-ortho nitro benzene ring substituents is 1. The fraction of sp³-hybridized carbons (Fsp3) is 0.462. The van der Waals surface area contributed by atoms with Crippen LogP contribution in [0.4, 0.5) is 11.4 Å². The van der Waals surface area contributed by atoms with Gasteiger partial charge in [0.1, 0.15) is 0 Å². The minimum absolute atomic E-state index is 0.0481. The van der Waals surface area contributed by atoms with Gasteiger partial charge in [-0.1, -0.05) is 0 Å². The smallest absolute Gasteiger partial charge is 0.270 e. The summed E-state index contributed by atoms with van der Waals surface area (Å²) in [5.74, 6) is 0. The topological polar surface area (TPSA) is 66.7 Å². The van der Waals surface area contributed by atoms with Crippen LogP contribution in [-0.4, -0.2) is 48.8 Å². The zero-order valence-corrected chi connectivity index (χ0v) is 11.1. The van der Waals surface area contributed by atoms with Gasteiger partial charge in [-0.3, -0.25) is 14.9 Å². The molecule has 1 atom stereocenters. The van der Waals surface area contributed by atoms with Gasteiger partial charge in [0.2, 0.25) is 0 Å². The van der Waals surface area contributed by atoms with Gasteiger partial charge in [-0.05, 0) is 20.0 Å². The van der Waals surface area contributed by atoms with Gasteiger partial charge < -0.3 is 9.80 Å². The molecule has 0 amide bonds. The Bertz CT molecular complexity index is 504. The normalized spacial score (nSPS) is 20.3. The van der Waals surface area contributed by atoms with Gasteiger partial charge >= 0.3 is 0 Å². The Kier molecular flexibility index (Phi) is 3.80. The van der Waals surface area contributed by atoms with Crippen LogP contribution in [-0.2, 0) is 0 Å². The summed E-state index contributed by atoms with van der Waals surface area (Å²) in [6, 6.07) is 4.85. The lowest BCUT2D eigenvalue weighted by Crippen LogP contribution is -2.50. The van der Waals surface area contributed by atoms with E-state index in [0.29, 0.717) is 17.9 Å². The number of piperazine rings is 1. The van der Waals surface area contributed by atoms with Crippen LogP contribution in [0.2, 0.25) is 0 Å². The molecule has 1 saturated heterocycles. The van der Waals surface area contributed by atoms with Crippen molar-refractivity contribution in [1.82, 2.24) is 4.90 Å². The lowest BCUT2D eigenvalue weighted by atomic mass is 10.1. The van der Waals surface area contributed by atoms with E-state index in [2.05, 4.69) is 23.8 Å². The summed E-state index contributed by atoms with van der Waals surface area (Å²) in [5.41, 5.74) is 1.11. The molecule has 0 spiro atoms. The average Bonchev–Trinajstić information content (AvgIpc) is 2.41. The number of nitrogens with zero attached hydrogens (tertiary/aromatic N) is 3.